The monoisotopic (exact) mass is 390 g/mol. The van der Waals surface area contributed by atoms with Crippen molar-refractivity contribution < 1.29 is 29.3 Å². The summed E-state index contributed by atoms with van der Waals surface area (Å²) in [6.07, 6.45) is -0.970. The number of carbonyl (C=O) groups is 3. The second-order valence-electron chi connectivity index (χ2n) is 10.3. The predicted molar refractivity (Wildman–Crippen MR) is 100.0 cm³/mol. The molecule has 4 fully saturated rings. The Labute approximate surface area is 165 Å². The van der Waals surface area contributed by atoms with E-state index in [-0.39, 0.29) is 24.0 Å². The first-order valence-electron chi connectivity index (χ1n) is 10.2. The van der Waals surface area contributed by atoms with E-state index in [1.807, 2.05) is 20.8 Å². The molecule has 0 unspecified atom stereocenters. The van der Waals surface area contributed by atoms with E-state index in [9.17, 15) is 24.6 Å². The second-order valence-corrected chi connectivity index (χ2v) is 10.3. The normalized spacial score (nSPS) is 49.4. The lowest BCUT2D eigenvalue weighted by Crippen LogP contribution is -2.68. The fraction of sp³-hybridized carbons (Fsp3) is 0.773. The summed E-state index contributed by atoms with van der Waals surface area (Å²) >= 11 is 0. The van der Waals surface area contributed by atoms with Crippen molar-refractivity contribution in [1.29, 1.82) is 0 Å². The number of Topliss-reactive ketones (excluding diaryl/α,β-unsaturated/α-hetero) is 2. The number of hydrogen-bond acceptors (Lipinski definition) is 6. The molecule has 4 saturated carbocycles. The first-order valence-corrected chi connectivity index (χ1v) is 10.2. The SMILES string of the molecule is C=C1C(=O)[C@@]23CC(=O)[C@@H]4C(C)(C)[C@@H](OC(C)=O)CC[C@@]4(C)[C@@H]2[C@@H](O)[C@H](O)[C@@H]1C3. The topological polar surface area (TPSA) is 101 Å². The molecule has 1 spiro atoms. The van der Waals surface area contributed by atoms with E-state index in [2.05, 4.69) is 6.58 Å². The van der Waals surface area contributed by atoms with E-state index in [4.69, 9.17) is 4.74 Å². The summed E-state index contributed by atoms with van der Waals surface area (Å²) in [6.45, 7) is 11.1. The summed E-state index contributed by atoms with van der Waals surface area (Å²) in [5.41, 5.74) is -1.91. The zero-order valence-corrected chi connectivity index (χ0v) is 17.0. The van der Waals surface area contributed by atoms with Crippen LogP contribution in [0.4, 0.5) is 0 Å². The third kappa shape index (κ3) is 2.19. The summed E-state index contributed by atoms with van der Waals surface area (Å²) in [6, 6.07) is 0. The van der Waals surface area contributed by atoms with Crippen molar-refractivity contribution >= 4 is 17.5 Å². The maximum absolute atomic E-state index is 13.5. The van der Waals surface area contributed by atoms with Crippen LogP contribution in [0.2, 0.25) is 0 Å². The zero-order chi connectivity index (χ0) is 20.8. The third-order valence-electron chi connectivity index (χ3n) is 8.48. The van der Waals surface area contributed by atoms with Gasteiger partial charge in [0.1, 0.15) is 11.9 Å². The highest BCUT2D eigenvalue weighted by atomic mass is 16.5. The van der Waals surface area contributed by atoms with Crippen LogP contribution in [0.5, 0.6) is 0 Å². The lowest BCUT2D eigenvalue weighted by Gasteiger charge is -2.64. The van der Waals surface area contributed by atoms with Crippen LogP contribution < -0.4 is 0 Å². The maximum atomic E-state index is 13.5. The van der Waals surface area contributed by atoms with Crippen molar-refractivity contribution in [3.63, 3.8) is 0 Å². The van der Waals surface area contributed by atoms with Crippen molar-refractivity contribution in [2.24, 2.45) is 34.0 Å². The number of aliphatic hydroxyl groups excluding tert-OH is 2. The summed E-state index contributed by atoms with van der Waals surface area (Å²) in [7, 11) is 0. The summed E-state index contributed by atoms with van der Waals surface area (Å²) < 4.78 is 5.55. The van der Waals surface area contributed by atoms with Gasteiger partial charge in [-0.05, 0) is 30.3 Å². The number of ketones is 2. The first kappa shape index (κ1) is 19.8. The molecule has 28 heavy (non-hydrogen) atoms. The van der Waals surface area contributed by atoms with Crippen LogP contribution in [0.15, 0.2) is 12.2 Å². The molecule has 2 N–H and O–H groups in total. The van der Waals surface area contributed by atoms with Crippen molar-refractivity contribution in [2.75, 3.05) is 0 Å². The summed E-state index contributed by atoms with van der Waals surface area (Å²) in [5, 5.41) is 21.9. The average Bonchev–Trinajstić information content (AvgIpc) is 2.78. The Morgan fingerprint density at radius 1 is 1.18 bits per heavy atom. The molecule has 154 valence electrons. The molecule has 0 aromatic carbocycles. The van der Waals surface area contributed by atoms with Gasteiger partial charge in [-0.25, -0.2) is 0 Å². The standard InChI is InChI=1S/C22H30O6/c1-10-12-8-22(19(10)27)9-13(24)17-20(3,4)14(28-11(2)23)6-7-21(17,5)18(22)16(26)15(12)25/h12,14-18,25-26H,1,6-9H2,2-5H3/t12-,14+,15-,16+,17-,18+,21-,22+/m1/s1. The van der Waals surface area contributed by atoms with Crippen molar-refractivity contribution in [3.8, 4) is 0 Å². The van der Waals surface area contributed by atoms with Crippen LogP contribution in [0, 0.1) is 34.0 Å². The number of hydrogen-bond donors (Lipinski definition) is 2. The van der Waals surface area contributed by atoms with Crippen LogP contribution in [0.3, 0.4) is 0 Å². The number of fused-ring (bicyclic) bond motifs is 3. The molecule has 6 heteroatoms. The van der Waals surface area contributed by atoms with Gasteiger partial charge in [0.05, 0.1) is 12.2 Å². The lowest BCUT2D eigenvalue weighted by atomic mass is 9.39. The lowest BCUT2D eigenvalue weighted by molar-refractivity contribution is -0.224. The number of esters is 1. The summed E-state index contributed by atoms with van der Waals surface area (Å²) in [4.78, 5) is 38.3. The second kappa shape index (κ2) is 5.76. The van der Waals surface area contributed by atoms with E-state index < -0.39 is 52.3 Å². The molecule has 4 aliphatic rings. The number of rotatable bonds is 1. The Bertz CT molecular complexity index is 784. The summed E-state index contributed by atoms with van der Waals surface area (Å²) in [5.74, 6) is -2.00. The Hall–Kier alpha value is -1.53. The van der Waals surface area contributed by atoms with Gasteiger partial charge < -0.3 is 14.9 Å². The number of aliphatic hydroxyl groups is 2. The largest absolute Gasteiger partial charge is 0.462 e. The molecule has 0 aromatic heterocycles. The molecule has 6 nitrogen and oxygen atoms in total. The zero-order valence-electron chi connectivity index (χ0n) is 17.0. The van der Waals surface area contributed by atoms with E-state index in [1.54, 1.807) is 0 Å². The molecule has 2 bridgehead atoms. The third-order valence-corrected chi connectivity index (χ3v) is 8.48. The van der Waals surface area contributed by atoms with Gasteiger partial charge in [-0.1, -0.05) is 27.4 Å². The highest BCUT2D eigenvalue weighted by Crippen LogP contribution is 2.70. The molecule has 0 saturated heterocycles. The van der Waals surface area contributed by atoms with Gasteiger partial charge in [0, 0.05) is 41.9 Å². The smallest absolute Gasteiger partial charge is 0.302 e. The van der Waals surface area contributed by atoms with Crippen molar-refractivity contribution in [3.05, 3.63) is 12.2 Å². The van der Waals surface area contributed by atoms with Crippen molar-refractivity contribution in [2.45, 2.75) is 71.7 Å². The van der Waals surface area contributed by atoms with Gasteiger partial charge in [0.25, 0.3) is 0 Å². The van der Waals surface area contributed by atoms with Gasteiger partial charge in [-0.2, -0.15) is 0 Å². The molecule has 0 radical (unpaired) electrons. The number of carbonyl (C=O) groups excluding carboxylic acids is 3. The Morgan fingerprint density at radius 3 is 2.43 bits per heavy atom. The molecule has 0 heterocycles. The Balaban J connectivity index is 1.83. The minimum Gasteiger partial charge on any atom is -0.462 e. The van der Waals surface area contributed by atoms with Crippen molar-refractivity contribution in [1.82, 2.24) is 0 Å². The van der Waals surface area contributed by atoms with Crippen LogP contribution in [-0.2, 0) is 19.1 Å². The van der Waals surface area contributed by atoms with E-state index in [1.165, 1.54) is 6.92 Å². The van der Waals surface area contributed by atoms with Gasteiger partial charge >= 0.3 is 5.97 Å². The van der Waals surface area contributed by atoms with Gasteiger partial charge in [0.15, 0.2) is 5.78 Å². The minimum atomic E-state index is -1.08. The molecule has 0 amide bonds. The average molecular weight is 390 g/mol. The predicted octanol–water partition coefficient (Wildman–Crippen LogP) is 1.82. The first-order chi connectivity index (χ1) is 12.9. The Kier molecular flexibility index (Phi) is 4.07. The molecular formula is C22H30O6. The maximum Gasteiger partial charge on any atom is 0.302 e. The van der Waals surface area contributed by atoms with Gasteiger partial charge in [0.2, 0.25) is 0 Å². The molecular weight excluding hydrogens is 360 g/mol. The van der Waals surface area contributed by atoms with E-state index in [0.29, 0.717) is 24.8 Å². The highest BCUT2D eigenvalue weighted by Gasteiger charge is 2.74. The van der Waals surface area contributed by atoms with Crippen LogP contribution in [0.1, 0.15) is 53.4 Å². The number of ether oxygens (including phenoxy) is 1. The fourth-order valence-corrected chi connectivity index (χ4v) is 7.67. The Morgan fingerprint density at radius 2 is 1.82 bits per heavy atom. The van der Waals surface area contributed by atoms with Crippen LogP contribution >= 0.6 is 0 Å². The van der Waals surface area contributed by atoms with Crippen LogP contribution in [-0.4, -0.2) is 46.1 Å². The molecule has 4 aliphatic carbocycles. The fourth-order valence-electron chi connectivity index (χ4n) is 7.67. The van der Waals surface area contributed by atoms with Gasteiger partial charge in [-0.15, -0.1) is 0 Å². The van der Waals surface area contributed by atoms with E-state index in [0.717, 1.165) is 0 Å². The highest BCUT2D eigenvalue weighted by molar-refractivity contribution is 6.06. The molecule has 8 atom stereocenters. The van der Waals surface area contributed by atoms with Crippen LogP contribution in [0.25, 0.3) is 0 Å². The van der Waals surface area contributed by atoms with Gasteiger partial charge in [-0.3, -0.25) is 14.4 Å². The molecule has 4 rings (SSSR count). The minimum absolute atomic E-state index is 0.00834. The van der Waals surface area contributed by atoms with E-state index >= 15 is 0 Å². The molecule has 0 aromatic rings. The quantitative estimate of drug-likeness (QED) is 0.523. The molecule has 0 aliphatic heterocycles.